The summed E-state index contributed by atoms with van der Waals surface area (Å²) in [5.41, 5.74) is 3.06. The maximum Gasteiger partial charge on any atom is 0.251 e. The topological polar surface area (TPSA) is 46.9 Å². The third-order valence-electron chi connectivity index (χ3n) is 5.18. The first kappa shape index (κ1) is 15.6. The number of hydrogen-bond acceptors (Lipinski definition) is 2. The SMILES string of the molecule is O=C(NCC1(c2ccccc2)CCC1)c1ccc(-n2cccn2)cc1. The van der Waals surface area contributed by atoms with Crippen molar-refractivity contribution in [3.05, 3.63) is 84.2 Å². The number of carbonyl (C=O) groups excluding carboxylic acids is 1. The molecule has 1 heterocycles. The van der Waals surface area contributed by atoms with E-state index in [1.807, 2.05) is 42.6 Å². The summed E-state index contributed by atoms with van der Waals surface area (Å²) in [5, 5.41) is 7.33. The van der Waals surface area contributed by atoms with Crippen molar-refractivity contribution in [3.63, 3.8) is 0 Å². The molecule has 0 unspecified atom stereocenters. The molecule has 1 N–H and O–H groups in total. The Morgan fingerprint density at radius 1 is 1.04 bits per heavy atom. The summed E-state index contributed by atoms with van der Waals surface area (Å²) < 4.78 is 1.78. The van der Waals surface area contributed by atoms with Gasteiger partial charge in [0.15, 0.2) is 0 Å². The molecule has 0 bridgehead atoms. The molecule has 0 spiro atoms. The van der Waals surface area contributed by atoms with Gasteiger partial charge in [0.2, 0.25) is 0 Å². The summed E-state index contributed by atoms with van der Waals surface area (Å²) in [4.78, 5) is 12.5. The average Bonchev–Trinajstić information content (AvgIpc) is 3.16. The highest BCUT2D eigenvalue weighted by Gasteiger charge is 2.38. The summed E-state index contributed by atoms with van der Waals surface area (Å²) in [5.74, 6) is -0.0192. The zero-order valence-corrected chi connectivity index (χ0v) is 14.1. The lowest BCUT2D eigenvalue weighted by molar-refractivity contribution is 0.0928. The first-order valence-corrected chi connectivity index (χ1v) is 8.71. The maximum atomic E-state index is 12.5. The molecule has 0 atom stereocenters. The van der Waals surface area contributed by atoms with Gasteiger partial charge in [0, 0.05) is 29.9 Å². The number of benzene rings is 2. The second-order valence-electron chi connectivity index (χ2n) is 6.68. The molecule has 1 fully saturated rings. The molecule has 126 valence electrons. The van der Waals surface area contributed by atoms with E-state index in [4.69, 9.17) is 0 Å². The minimum atomic E-state index is -0.0192. The number of aromatic nitrogens is 2. The van der Waals surface area contributed by atoms with Crippen molar-refractivity contribution in [2.45, 2.75) is 24.7 Å². The highest BCUT2D eigenvalue weighted by Crippen LogP contribution is 2.43. The number of nitrogens with zero attached hydrogens (tertiary/aromatic N) is 2. The summed E-state index contributed by atoms with van der Waals surface area (Å²) in [6.45, 7) is 0.691. The third kappa shape index (κ3) is 3.07. The maximum absolute atomic E-state index is 12.5. The smallest absolute Gasteiger partial charge is 0.251 e. The predicted molar refractivity (Wildman–Crippen MR) is 97.9 cm³/mol. The van der Waals surface area contributed by atoms with Gasteiger partial charge in [0.05, 0.1) is 5.69 Å². The van der Waals surface area contributed by atoms with Gasteiger partial charge in [0.25, 0.3) is 5.91 Å². The van der Waals surface area contributed by atoms with Gasteiger partial charge in [-0.15, -0.1) is 0 Å². The van der Waals surface area contributed by atoms with Gasteiger partial charge in [-0.1, -0.05) is 36.8 Å². The van der Waals surface area contributed by atoms with Gasteiger partial charge < -0.3 is 5.32 Å². The Balaban J connectivity index is 1.43. The summed E-state index contributed by atoms with van der Waals surface area (Å²) in [7, 11) is 0. The van der Waals surface area contributed by atoms with Crippen LogP contribution in [0.5, 0.6) is 0 Å². The first-order chi connectivity index (χ1) is 12.3. The van der Waals surface area contributed by atoms with E-state index in [0.29, 0.717) is 12.1 Å². The Kier molecular flexibility index (Phi) is 4.10. The first-order valence-electron chi connectivity index (χ1n) is 8.71. The largest absolute Gasteiger partial charge is 0.351 e. The molecule has 3 aromatic rings. The van der Waals surface area contributed by atoms with Crippen molar-refractivity contribution in [3.8, 4) is 5.69 Å². The molecule has 2 aromatic carbocycles. The van der Waals surface area contributed by atoms with Crippen LogP contribution in [0.4, 0.5) is 0 Å². The van der Waals surface area contributed by atoms with Crippen LogP contribution in [-0.2, 0) is 5.41 Å². The lowest BCUT2D eigenvalue weighted by Crippen LogP contribution is -2.45. The van der Waals surface area contributed by atoms with Crippen molar-refractivity contribution in [2.24, 2.45) is 0 Å². The normalized spacial score (nSPS) is 15.4. The van der Waals surface area contributed by atoms with Crippen LogP contribution in [0.3, 0.4) is 0 Å². The lowest BCUT2D eigenvalue weighted by Gasteiger charge is -2.42. The Morgan fingerprint density at radius 2 is 1.80 bits per heavy atom. The Hall–Kier alpha value is -2.88. The Bertz CT molecular complexity index is 835. The lowest BCUT2D eigenvalue weighted by atomic mass is 9.64. The fraction of sp³-hybridized carbons (Fsp3) is 0.238. The van der Waals surface area contributed by atoms with Gasteiger partial charge >= 0.3 is 0 Å². The molecule has 1 saturated carbocycles. The Morgan fingerprint density at radius 3 is 2.40 bits per heavy atom. The van der Waals surface area contributed by atoms with Crippen molar-refractivity contribution in [1.82, 2.24) is 15.1 Å². The highest BCUT2D eigenvalue weighted by molar-refractivity contribution is 5.94. The predicted octanol–water partition coefficient (Wildman–Crippen LogP) is 3.72. The van der Waals surface area contributed by atoms with Gasteiger partial charge in [-0.2, -0.15) is 5.10 Å². The third-order valence-corrected chi connectivity index (χ3v) is 5.18. The molecule has 1 aromatic heterocycles. The van der Waals surface area contributed by atoms with Crippen LogP contribution in [-0.4, -0.2) is 22.2 Å². The standard InChI is InChI=1S/C21H21N3O/c25-20(17-8-10-19(11-9-17)24-15-5-14-23-24)22-16-21(12-4-13-21)18-6-2-1-3-7-18/h1-3,5-11,14-15H,4,12-13,16H2,(H,22,25). The van der Waals surface area contributed by atoms with Crippen LogP contribution in [0.1, 0.15) is 35.2 Å². The molecule has 4 rings (SSSR count). The fourth-order valence-electron chi connectivity index (χ4n) is 3.50. The molecule has 1 aliphatic rings. The molecular formula is C21H21N3O. The van der Waals surface area contributed by atoms with Crippen molar-refractivity contribution in [2.75, 3.05) is 6.54 Å². The van der Waals surface area contributed by atoms with E-state index < -0.39 is 0 Å². The van der Waals surface area contributed by atoms with Crippen LogP contribution in [0, 0.1) is 0 Å². The molecule has 4 nitrogen and oxygen atoms in total. The molecule has 1 aliphatic carbocycles. The Labute approximate surface area is 147 Å². The van der Waals surface area contributed by atoms with Gasteiger partial charge in [0.1, 0.15) is 0 Å². The van der Waals surface area contributed by atoms with E-state index in [2.05, 4.69) is 34.7 Å². The molecule has 0 aliphatic heterocycles. The van der Waals surface area contributed by atoms with Crippen LogP contribution >= 0.6 is 0 Å². The number of carbonyl (C=O) groups is 1. The average molecular weight is 331 g/mol. The quantitative estimate of drug-likeness (QED) is 0.774. The zero-order valence-electron chi connectivity index (χ0n) is 14.1. The number of nitrogens with one attached hydrogen (secondary N) is 1. The number of rotatable bonds is 5. The van der Waals surface area contributed by atoms with Crippen LogP contribution < -0.4 is 5.32 Å². The molecule has 0 saturated heterocycles. The second kappa shape index (κ2) is 6.55. The van der Waals surface area contributed by atoms with E-state index >= 15 is 0 Å². The molecule has 1 amide bonds. The van der Waals surface area contributed by atoms with Crippen LogP contribution in [0.15, 0.2) is 73.1 Å². The monoisotopic (exact) mass is 331 g/mol. The molecule has 25 heavy (non-hydrogen) atoms. The fourth-order valence-corrected chi connectivity index (χ4v) is 3.50. The number of hydrogen-bond donors (Lipinski definition) is 1. The van der Waals surface area contributed by atoms with Gasteiger partial charge in [-0.05, 0) is 48.7 Å². The van der Waals surface area contributed by atoms with E-state index in [1.54, 1.807) is 10.9 Å². The van der Waals surface area contributed by atoms with E-state index in [1.165, 1.54) is 12.0 Å². The van der Waals surface area contributed by atoms with Crippen LogP contribution in [0.2, 0.25) is 0 Å². The summed E-state index contributed by atoms with van der Waals surface area (Å²) in [6, 6.07) is 19.9. The highest BCUT2D eigenvalue weighted by atomic mass is 16.1. The van der Waals surface area contributed by atoms with E-state index in [0.717, 1.165) is 18.5 Å². The minimum Gasteiger partial charge on any atom is -0.351 e. The van der Waals surface area contributed by atoms with E-state index in [9.17, 15) is 4.79 Å². The van der Waals surface area contributed by atoms with E-state index in [-0.39, 0.29) is 11.3 Å². The van der Waals surface area contributed by atoms with Crippen molar-refractivity contribution >= 4 is 5.91 Å². The van der Waals surface area contributed by atoms with Crippen molar-refractivity contribution in [1.29, 1.82) is 0 Å². The zero-order chi connectivity index (χ0) is 17.1. The molecule has 4 heteroatoms. The molecule has 0 radical (unpaired) electrons. The summed E-state index contributed by atoms with van der Waals surface area (Å²) >= 11 is 0. The van der Waals surface area contributed by atoms with Gasteiger partial charge in [-0.25, -0.2) is 4.68 Å². The van der Waals surface area contributed by atoms with Crippen molar-refractivity contribution < 1.29 is 4.79 Å². The molecular weight excluding hydrogens is 310 g/mol. The minimum absolute atomic E-state index is 0.0192. The van der Waals surface area contributed by atoms with Gasteiger partial charge in [-0.3, -0.25) is 4.79 Å². The summed E-state index contributed by atoms with van der Waals surface area (Å²) in [6.07, 6.45) is 7.12. The second-order valence-corrected chi connectivity index (χ2v) is 6.68. The van der Waals surface area contributed by atoms with Crippen LogP contribution in [0.25, 0.3) is 5.69 Å². The number of amides is 1.